The van der Waals surface area contributed by atoms with Crippen molar-refractivity contribution in [1.29, 1.82) is 0 Å². The van der Waals surface area contributed by atoms with Crippen molar-refractivity contribution in [2.45, 2.75) is 64.8 Å². The number of rotatable bonds is 6. The van der Waals surface area contributed by atoms with E-state index in [4.69, 9.17) is 0 Å². The Kier molecular flexibility index (Phi) is 5.54. The maximum atomic E-state index is 3.53. The minimum Gasteiger partial charge on any atom is -0.317 e. The Morgan fingerprint density at radius 1 is 1.14 bits per heavy atom. The highest BCUT2D eigenvalue weighted by molar-refractivity contribution is 4.79. The van der Waals surface area contributed by atoms with E-state index in [1.807, 2.05) is 0 Å². The molecule has 0 heterocycles. The van der Waals surface area contributed by atoms with Gasteiger partial charge in [-0.05, 0) is 25.3 Å². The van der Waals surface area contributed by atoms with Crippen LogP contribution >= 0.6 is 0 Å². The molecule has 1 unspecified atom stereocenters. The fourth-order valence-electron chi connectivity index (χ4n) is 3.01. The first-order valence-electron chi connectivity index (χ1n) is 6.49. The van der Waals surface area contributed by atoms with Crippen LogP contribution in [0.15, 0.2) is 0 Å². The molecule has 0 aromatic heterocycles. The van der Waals surface area contributed by atoms with Gasteiger partial charge in [0.25, 0.3) is 0 Å². The lowest BCUT2D eigenvalue weighted by Gasteiger charge is -2.27. The van der Waals surface area contributed by atoms with E-state index in [0.29, 0.717) is 0 Å². The first kappa shape index (κ1) is 12.0. The zero-order valence-electron chi connectivity index (χ0n) is 10.2. The summed E-state index contributed by atoms with van der Waals surface area (Å²) in [7, 11) is 2.14. The first-order chi connectivity index (χ1) is 6.81. The monoisotopic (exact) mass is 197 g/mol. The van der Waals surface area contributed by atoms with Gasteiger partial charge in [-0.1, -0.05) is 52.4 Å². The van der Waals surface area contributed by atoms with Crippen LogP contribution in [0.2, 0.25) is 0 Å². The van der Waals surface area contributed by atoms with Gasteiger partial charge in [-0.3, -0.25) is 0 Å². The van der Waals surface area contributed by atoms with E-state index in [9.17, 15) is 0 Å². The van der Waals surface area contributed by atoms with Gasteiger partial charge in [-0.2, -0.15) is 0 Å². The van der Waals surface area contributed by atoms with Crippen molar-refractivity contribution in [3.8, 4) is 0 Å². The van der Waals surface area contributed by atoms with Crippen LogP contribution < -0.4 is 5.32 Å². The molecule has 0 bridgehead atoms. The highest BCUT2D eigenvalue weighted by atomic mass is 14.9. The maximum Gasteiger partial charge on any atom is 0.00947 e. The summed E-state index contributed by atoms with van der Waals surface area (Å²) < 4.78 is 0. The fraction of sp³-hybridized carbons (Fsp3) is 1.00. The zero-order chi connectivity index (χ0) is 10.4. The van der Waals surface area contributed by atoms with Gasteiger partial charge in [0.1, 0.15) is 0 Å². The summed E-state index contributed by atoms with van der Waals surface area (Å²) in [5, 5.41) is 3.53. The smallest absolute Gasteiger partial charge is 0.00947 e. The van der Waals surface area contributed by atoms with E-state index in [-0.39, 0.29) is 0 Å². The van der Waals surface area contributed by atoms with E-state index >= 15 is 0 Å². The average molecular weight is 197 g/mol. The molecule has 1 heteroatoms. The van der Waals surface area contributed by atoms with Gasteiger partial charge >= 0.3 is 0 Å². The topological polar surface area (TPSA) is 12.0 Å². The molecule has 1 saturated carbocycles. The van der Waals surface area contributed by atoms with Gasteiger partial charge in [0.15, 0.2) is 0 Å². The van der Waals surface area contributed by atoms with Gasteiger partial charge in [-0.25, -0.2) is 0 Å². The van der Waals surface area contributed by atoms with Gasteiger partial charge in [0, 0.05) is 6.04 Å². The predicted octanol–water partition coefficient (Wildman–Crippen LogP) is 3.59. The van der Waals surface area contributed by atoms with E-state index in [0.717, 1.165) is 17.9 Å². The van der Waals surface area contributed by atoms with Crippen molar-refractivity contribution >= 4 is 0 Å². The summed E-state index contributed by atoms with van der Waals surface area (Å²) in [6, 6.07) is 0.771. The van der Waals surface area contributed by atoms with E-state index in [2.05, 4.69) is 26.2 Å². The van der Waals surface area contributed by atoms with Crippen LogP contribution in [0.4, 0.5) is 0 Å². The third kappa shape index (κ3) is 3.27. The van der Waals surface area contributed by atoms with E-state index in [1.54, 1.807) is 0 Å². The van der Waals surface area contributed by atoms with Crippen molar-refractivity contribution in [3.63, 3.8) is 0 Å². The first-order valence-corrected chi connectivity index (χ1v) is 6.49. The van der Waals surface area contributed by atoms with Crippen molar-refractivity contribution in [1.82, 2.24) is 5.32 Å². The molecule has 1 rings (SSSR count). The van der Waals surface area contributed by atoms with Crippen LogP contribution in [0, 0.1) is 11.8 Å². The quantitative estimate of drug-likeness (QED) is 0.686. The Bertz CT molecular complexity index is 134. The lowest BCUT2D eigenvalue weighted by molar-refractivity contribution is 0.291. The van der Waals surface area contributed by atoms with Crippen molar-refractivity contribution in [2.24, 2.45) is 11.8 Å². The van der Waals surface area contributed by atoms with Gasteiger partial charge in [0.05, 0.1) is 0 Å². The largest absolute Gasteiger partial charge is 0.317 e. The molecule has 1 atom stereocenters. The van der Waals surface area contributed by atoms with Crippen LogP contribution in [0.25, 0.3) is 0 Å². The van der Waals surface area contributed by atoms with Crippen molar-refractivity contribution < 1.29 is 0 Å². The lowest BCUT2D eigenvalue weighted by atomic mass is 9.86. The Morgan fingerprint density at radius 3 is 2.14 bits per heavy atom. The molecular weight excluding hydrogens is 170 g/mol. The molecule has 1 fully saturated rings. The average Bonchev–Trinajstić information content (AvgIpc) is 2.70. The molecule has 0 spiro atoms. The molecule has 0 radical (unpaired) electrons. The second kappa shape index (κ2) is 6.44. The fourth-order valence-corrected chi connectivity index (χ4v) is 3.01. The van der Waals surface area contributed by atoms with Crippen molar-refractivity contribution in [3.05, 3.63) is 0 Å². The Balaban J connectivity index is 2.35. The standard InChI is InChI=1S/C13H27N/c1-4-12(5-2)13(14-3)10-11-8-6-7-9-11/h11-14H,4-10H2,1-3H3. The third-order valence-corrected chi connectivity index (χ3v) is 4.05. The summed E-state index contributed by atoms with van der Waals surface area (Å²) in [5.74, 6) is 1.91. The Hall–Kier alpha value is -0.0400. The Labute approximate surface area is 89.7 Å². The van der Waals surface area contributed by atoms with Crippen LogP contribution in [0.3, 0.4) is 0 Å². The minimum atomic E-state index is 0.771. The second-order valence-electron chi connectivity index (χ2n) is 4.86. The summed E-state index contributed by atoms with van der Waals surface area (Å²) in [4.78, 5) is 0. The summed E-state index contributed by atoms with van der Waals surface area (Å²) in [5.41, 5.74) is 0. The minimum absolute atomic E-state index is 0.771. The van der Waals surface area contributed by atoms with Crippen LogP contribution in [0.5, 0.6) is 0 Å². The molecule has 1 N–H and O–H groups in total. The molecule has 0 aromatic carbocycles. The predicted molar refractivity (Wildman–Crippen MR) is 63.5 cm³/mol. The highest BCUT2D eigenvalue weighted by Crippen LogP contribution is 2.31. The molecule has 0 amide bonds. The van der Waals surface area contributed by atoms with Gasteiger partial charge in [-0.15, -0.1) is 0 Å². The summed E-state index contributed by atoms with van der Waals surface area (Å²) >= 11 is 0. The molecule has 0 aromatic rings. The maximum absolute atomic E-state index is 3.53. The second-order valence-corrected chi connectivity index (χ2v) is 4.86. The third-order valence-electron chi connectivity index (χ3n) is 4.05. The zero-order valence-corrected chi connectivity index (χ0v) is 10.2. The normalized spacial score (nSPS) is 20.6. The Morgan fingerprint density at radius 2 is 1.71 bits per heavy atom. The van der Waals surface area contributed by atoms with E-state index in [1.165, 1.54) is 44.9 Å². The molecule has 84 valence electrons. The van der Waals surface area contributed by atoms with Gasteiger partial charge < -0.3 is 5.32 Å². The molecule has 0 saturated heterocycles. The molecular formula is C13H27N. The number of hydrogen-bond acceptors (Lipinski definition) is 1. The number of nitrogens with one attached hydrogen (secondary N) is 1. The van der Waals surface area contributed by atoms with Crippen LogP contribution in [-0.4, -0.2) is 13.1 Å². The van der Waals surface area contributed by atoms with Crippen LogP contribution in [0.1, 0.15) is 58.8 Å². The summed E-state index contributed by atoms with van der Waals surface area (Å²) in [6.45, 7) is 4.65. The lowest BCUT2D eigenvalue weighted by Crippen LogP contribution is -2.34. The van der Waals surface area contributed by atoms with E-state index < -0.39 is 0 Å². The molecule has 1 aliphatic rings. The molecule has 1 aliphatic carbocycles. The highest BCUT2D eigenvalue weighted by Gasteiger charge is 2.23. The number of hydrogen-bond donors (Lipinski definition) is 1. The SMILES string of the molecule is CCC(CC)C(CC1CCCC1)NC. The molecule has 1 nitrogen and oxygen atoms in total. The summed E-state index contributed by atoms with van der Waals surface area (Å²) in [6.07, 6.45) is 10.00. The molecule has 14 heavy (non-hydrogen) atoms. The van der Waals surface area contributed by atoms with Gasteiger partial charge in [0.2, 0.25) is 0 Å². The van der Waals surface area contributed by atoms with Crippen LogP contribution in [-0.2, 0) is 0 Å². The molecule has 0 aliphatic heterocycles. The van der Waals surface area contributed by atoms with Crippen molar-refractivity contribution in [2.75, 3.05) is 7.05 Å².